The molecule has 3 rings (SSSR count). The minimum Gasteiger partial charge on any atom is -0.507 e. The van der Waals surface area contributed by atoms with Crippen LogP contribution in [0.3, 0.4) is 0 Å². The maximum absolute atomic E-state index is 12.9. The van der Waals surface area contributed by atoms with E-state index in [4.69, 9.17) is 4.74 Å². The topological polar surface area (TPSA) is 105 Å². The van der Waals surface area contributed by atoms with Crippen molar-refractivity contribution in [2.45, 2.75) is 38.8 Å². The highest BCUT2D eigenvalue weighted by Crippen LogP contribution is 2.34. The number of aliphatic hydroxyl groups is 1. The van der Waals surface area contributed by atoms with Gasteiger partial charge in [-0.2, -0.15) is 0 Å². The van der Waals surface area contributed by atoms with Crippen LogP contribution in [0.2, 0.25) is 0 Å². The van der Waals surface area contributed by atoms with Crippen molar-refractivity contribution in [3.63, 3.8) is 0 Å². The smallest absolute Gasteiger partial charge is 0.407 e. The number of alkyl carbamates (subject to hydrolysis) is 1. The number of aliphatic hydroxyl groups excluding tert-OH is 1. The van der Waals surface area contributed by atoms with E-state index in [1.165, 1.54) is 6.07 Å². The van der Waals surface area contributed by atoms with E-state index in [1.807, 2.05) is 30.3 Å². The van der Waals surface area contributed by atoms with Crippen LogP contribution in [0, 0.1) is 0 Å². The van der Waals surface area contributed by atoms with Crippen molar-refractivity contribution in [3.8, 4) is 0 Å². The summed E-state index contributed by atoms with van der Waals surface area (Å²) in [5.41, 5.74) is 0.748. The van der Waals surface area contributed by atoms with Gasteiger partial charge < -0.3 is 20.5 Å². The Hall–Kier alpha value is -3.45. The first-order chi connectivity index (χ1) is 15.2. The van der Waals surface area contributed by atoms with Crippen LogP contribution >= 0.6 is 0 Å². The zero-order valence-electron chi connectivity index (χ0n) is 18.5. The Morgan fingerprint density at radius 1 is 0.938 bits per heavy atom. The molecule has 7 nitrogen and oxygen atoms in total. The number of ketones is 2. The second-order valence-corrected chi connectivity index (χ2v) is 8.55. The van der Waals surface area contributed by atoms with Crippen molar-refractivity contribution in [1.29, 1.82) is 0 Å². The summed E-state index contributed by atoms with van der Waals surface area (Å²) in [7, 11) is 0. The number of fused-ring (bicyclic) bond motifs is 1. The number of hydrogen-bond acceptors (Lipinski definition) is 6. The maximum Gasteiger partial charge on any atom is 0.407 e. The summed E-state index contributed by atoms with van der Waals surface area (Å²) in [6.07, 6.45) is 0.0529. The maximum atomic E-state index is 12.9. The molecule has 0 fully saturated rings. The van der Waals surface area contributed by atoms with Crippen LogP contribution < -0.4 is 10.6 Å². The number of ether oxygens (including phenoxy) is 1. The van der Waals surface area contributed by atoms with Gasteiger partial charge in [0.25, 0.3) is 0 Å². The molecule has 1 aliphatic carbocycles. The molecule has 0 aromatic heterocycles. The number of hydrogen-bond donors (Lipinski definition) is 3. The van der Waals surface area contributed by atoms with Crippen LogP contribution in [0.15, 0.2) is 60.2 Å². The summed E-state index contributed by atoms with van der Waals surface area (Å²) in [5, 5.41) is 16.9. The molecule has 0 bridgehead atoms. The van der Waals surface area contributed by atoms with Crippen molar-refractivity contribution in [1.82, 2.24) is 10.6 Å². The number of carbonyl (C=O) groups excluding carboxylic acids is 3. The van der Waals surface area contributed by atoms with Crippen LogP contribution in [0.4, 0.5) is 4.79 Å². The van der Waals surface area contributed by atoms with Crippen molar-refractivity contribution < 1.29 is 24.2 Å². The molecule has 3 N–H and O–H groups in total. The number of carbonyl (C=O) groups is 3. The lowest BCUT2D eigenvalue weighted by molar-refractivity contribution is -0.112. The third-order valence-electron chi connectivity index (χ3n) is 4.92. The fraction of sp³-hybridized carbons (Fsp3) is 0.320. The SMILES string of the molecule is CC(C)(C)OC(=O)NCCCNC(C1=C(O)c2ccccc2C(=O)C1=O)c1ccccc1. The monoisotopic (exact) mass is 436 g/mol. The number of Topliss-reactive ketones (excluding diaryl/α,β-unsaturated/α-hetero) is 2. The number of benzene rings is 2. The Kier molecular flexibility index (Phi) is 7.10. The first-order valence-corrected chi connectivity index (χ1v) is 10.6. The zero-order valence-corrected chi connectivity index (χ0v) is 18.5. The lowest BCUT2D eigenvalue weighted by Gasteiger charge is -2.26. The van der Waals surface area contributed by atoms with E-state index in [2.05, 4.69) is 10.6 Å². The van der Waals surface area contributed by atoms with E-state index in [0.29, 0.717) is 25.1 Å². The standard InChI is InChI=1S/C25H28N2O5/c1-25(2,3)32-24(31)27-15-9-14-26-20(16-10-5-4-6-11-16)19-21(28)17-12-7-8-13-18(17)22(29)23(19)30/h4-8,10-13,20,26,28H,9,14-15H2,1-3H3,(H,27,31). The second-order valence-electron chi connectivity index (χ2n) is 8.55. The van der Waals surface area contributed by atoms with Gasteiger partial charge in [0.15, 0.2) is 0 Å². The molecule has 1 aliphatic rings. The second kappa shape index (κ2) is 9.78. The van der Waals surface area contributed by atoms with E-state index in [1.54, 1.807) is 39.0 Å². The molecule has 2 aromatic carbocycles. The Labute approximate surface area is 187 Å². The molecule has 0 radical (unpaired) electrons. The third-order valence-corrected chi connectivity index (χ3v) is 4.92. The molecule has 168 valence electrons. The summed E-state index contributed by atoms with van der Waals surface area (Å²) in [6.45, 7) is 6.16. The van der Waals surface area contributed by atoms with Gasteiger partial charge in [-0.15, -0.1) is 0 Å². The molecule has 1 atom stereocenters. The van der Waals surface area contributed by atoms with Crippen LogP contribution in [0.25, 0.3) is 5.76 Å². The zero-order chi connectivity index (χ0) is 23.3. The molecule has 0 aliphatic heterocycles. The van der Waals surface area contributed by atoms with Gasteiger partial charge in [-0.3, -0.25) is 9.59 Å². The van der Waals surface area contributed by atoms with Gasteiger partial charge in [0, 0.05) is 17.7 Å². The molecular weight excluding hydrogens is 408 g/mol. The summed E-state index contributed by atoms with van der Waals surface area (Å²) < 4.78 is 5.21. The van der Waals surface area contributed by atoms with E-state index in [9.17, 15) is 19.5 Å². The normalized spacial score (nSPS) is 14.7. The Bertz CT molecular complexity index is 1040. The summed E-state index contributed by atoms with van der Waals surface area (Å²) >= 11 is 0. The van der Waals surface area contributed by atoms with E-state index in [0.717, 1.165) is 5.56 Å². The fourth-order valence-corrected chi connectivity index (χ4v) is 3.52. The highest BCUT2D eigenvalue weighted by Gasteiger charge is 2.37. The summed E-state index contributed by atoms with van der Waals surface area (Å²) in [6, 6.07) is 15.0. The summed E-state index contributed by atoms with van der Waals surface area (Å²) in [5.74, 6) is -1.56. The molecule has 1 amide bonds. The van der Waals surface area contributed by atoms with Crippen molar-refractivity contribution in [3.05, 3.63) is 76.9 Å². The average molecular weight is 437 g/mol. The van der Waals surface area contributed by atoms with E-state index in [-0.39, 0.29) is 16.9 Å². The van der Waals surface area contributed by atoms with Gasteiger partial charge >= 0.3 is 6.09 Å². The van der Waals surface area contributed by atoms with Gasteiger partial charge in [0.1, 0.15) is 11.4 Å². The van der Waals surface area contributed by atoms with Gasteiger partial charge in [-0.25, -0.2) is 4.79 Å². The molecule has 32 heavy (non-hydrogen) atoms. The number of amides is 1. The molecule has 0 saturated carbocycles. The molecule has 0 saturated heterocycles. The Morgan fingerprint density at radius 2 is 1.56 bits per heavy atom. The van der Waals surface area contributed by atoms with Crippen LogP contribution in [-0.2, 0) is 9.53 Å². The third kappa shape index (κ3) is 5.42. The van der Waals surface area contributed by atoms with Crippen molar-refractivity contribution >= 4 is 23.4 Å². The Balaban J connectivity index is 1.77. The fourth-order valence-electron chi connectivity index (χ4n) is 3.52. The predicted octanol–water partition coefficient (Wildman–Crippen LogP) is 3.97. The minimum absolute atomic E-state index is 0.0278. The molecule has 2 aromatic rings. The first kappa shape index (κ1) is 23.2. The average Bonchev–Trinajstić information content (AvgIpc) is 2.75. The molecule has 0 heterocycles. The lowest BCUT2D eigenvalue weighted by atomic mass is 9.83. The summed E-state index contributed by atoms with van der Waals surface area (Å²) in [4.78, 5) is 37.4. The van der Waals surface area contributed by atoms with Crippen molar-refractivity contribution in [2.24, 2.45) is 0 Å². The highest BCUT2D eigenvalue weighted by atomic mass is 16.6. The highest BCUT2D eigenvalue weighted by molar-refractivity contribution is 6.52. The van der Waals surface area contributed by atoms with Crippen LogP contribution in [-0.4, -0.2) is 41.5 Å². The quantitative estimate of drug-likeness (QED) is 0.448. The van der Waals surface area contributed by atoms with Gasteiger partial charge in [0.2, 0.25) is 11.6 Å². The molecule has 1 unspecified atom stereocenters. The predicted molar refractivity (Wildman–Crippen MR) is 121 cm³/mol. The molecule has 7 heteroatoms. The lowest BCUT2D eigenvalue weighted by Crippen LogP contribution is -2.36. The number of rotatable bonds is 7. The number of nitrogens with one attached hydrogen (secondary N) is 2. The Morgan fingerprint density at radius 3 is 2.22 bits per heavy atom. The van der Waals surface area contributed by atoms with Gasteiger partial charge in [0.05, 0.1) is 11.6 Å². The minimum atomic E-state index is -0.727. The van der Waals surface area contributed by atoms with Gasteiger partial charge in [-0.1, -0.05) is 54.6 Å². The van der Waals surface area contributed by atoms with Crippen LogP contribution in [0.5, 0.6) is 0 Å². The molecular formula is C25H28N2O5. The largest absolute Gasteiger partial charge is 0.507 e. The van der Waals surface area contributed by atoms with E-state index < -0.39 is 29.3 Å². The van der Waals surface area contributed by atoms with Gasteiger partial charge in [-0.05, 0) is 39.3 Å². The first-order valence-electron chi connectivity index (χ1n) is 10.6. The molecule has 0 spiro atoms. The van der Waals surface area contributed by atoms with E-state index >= 15 is 0 Å². The van der Waals surface area contributed by atoms with Crippen molar-refractivity contribution in [2.75, 3.05) is 13.1 Å². The van der Waals surface area contributed by atoms with Crippen LogP contribution in [0.1, 0.15) is 54.7 Å².